The first-order chi connectivity index (χ1) is 15.3. The number of ether oxygens (including phenoxy) is 2. The Kier molecular flexibility index (Phi) is 7.46. The Labute approximate surface area is 185 Å². The summed E-state index contributed by atoms with van der Waals surface area (Å²) in [4.78, 5) is 23.7. The zero-order chi connectivity index (χ0) is 23.2. The Bertz CT molecular complexity index is 1040. The number of nitrogens with zero attached hydrogens (tertiary/aromatic N) is 1. The first kappa shape index (κ1) is 23.7. The zero-order valence-electron chi connectivity index (χ0n) is 17.1. The third-order valence-electron chi connectivity index (χ3n) is 5.24. The molecule has 172 valence electrons. The number of amides is 1. The number of carbonyl (C=O) groups is 2. The number of carbonyl (C=O) groups excluding carboxylic acids is 1. The second kappa shape index (κ2) is 10.1. The highest BCUT2D eigenvalue weighted by atomic mass is 32.2. The van der Waals surface area contributed by atoms with Crippen molar-refractivity contribution in [3.8, 4) is 11.5 Å². The maximum Gasteiger partial charge on any atom is 0.304 e. The molecule has 10 nitrogen and oxygen atoms in total. The maximum absolute atomic E-state index is 13.5. The highest BCUT2D eigenvalue weighted by molar-refractivity contribution is 7.89. The van der Waals surface area contributed by atoms with Gasteiger partial charge in [-0.3, -0.25) is 14.8 Å². The molecule has 1 amide bonds. The SMILES string of the molecule is O=C(O)CCN(C1(C(=O)NO)CCOCC1)S(=O)(=O)c1ccc(Oc2ccccc2)cc1. The fourth-order valence-corrected chi connectivity index (χ4v) is 5.39. The molecule has 1 heterocycles. The number of nitrogens with one attached hydrogen (secondary N) is 1. The van der Waals surface area contributed by atoms with Gasteiger partial charge < -0.3 is 14.6 Å². The smallest absolute Gasteiger partial charge is 0.304 e. The number of rotatable bonds is 9. The second-order valence-corrected chi connectivity index (χ2v) is 9.05. The second-order valence-electron chi connectivity index (χ2n) is 7.19. The van der Waals surface area contributed by atoms with Gasteiger partial charge >= 0.3 is 5.97 Å². The topological polar surface area (TPSA) is 142 Å². The third-order valence-corrected chi connectivity index (χ3v) is 7.22. The van der Waals surface area contributed by atoms with E-state index in [1.165, 1.54) is 29.7 Å². The molecule has 2 aromatic rings. The summed E-state index contributed by atoms with van der Waals surface area (Å²) in [5.74, 6) is -1.17. The molecule has 3 rings (SSSR count). The third kappa shape index (κ3) is 5.07. The minimum atomic E-state index is -4.31. The van der Waals surface area contributed by atoms with Crippen molar-refractivity contribution in [3.63, 3.8) is 0 Å². The van der Waals surface area contributed by atoms with Crippen LogP contribution in [-0.4, -0.2) is 60.2 Å². The monoisotopic (exact) mass is 464 g/mol. The Balaban J connectivity index is 1.95. The Hall–Kier alpha value is -2.99. The minimum Gasteiger partial charge on any atom is -0.481 e. The van der Waals surface area contributed by atoms with E-state index in [-0.39, 0.29) is 31.0 Å². The Morgan fingerprint density at radius 2 is 1.62 bits per heavy atom. The van der Waals surface area contributed by atoms with Gasteiger partial charge in [0, 0.05) is 19.8 Å². The van der Waals surface area contributed by atoms with E-state index in [1.54, 1.807) is 24.3 Å². The molecule has 0 aromatic heterocycles. The molecule has 1 aliphatic rings. The van der Waals surface area contributed by atoms with Gasteiger partial charge in [0.25, 0.3) is 5.91 Å². The summed E-state index contributed by atoms with van der Waals surface area (Å²) >= 11 is 0. The van der Waals surface area contributed by atoms with Crippen molar-refractivity contribution in [2.75, 3.05) is 19.8 Å². The number of hydroxylamine groups is 1. The molecule has 0 spiro atoms. The lowest BCUT2D eigenvalue weighted by Gasteiger charge is -2.43. The van der Waals surface area contributed by atoms with Crippen LogP contribution < -0.4 is 10.2 Å². The van der Waals surface area contributed by atoms with Crippen LogP contribution >= 0.6 is 0 Å². The average Bonchev–Trinajstić information content (AvgIpc) is 2.80. The fraction of sp³-hybridized carbons (Fsp3) is 0.333. The van der Waals surface area contributed by atoms with Crippen LogP contribution in [0.25, 0.3) is 0 Å². The Morgan fingerprint density at radius 1 is 1.03 bits per heavy atom. The molecular formula is C21H24N2O8S. The van der Waals surface area contributed by atoms with E-state index in [2.05, 4.69) is 0 Å². The van der Waals surface area contributed by atoms with Gasteiger partial charge in [-0.15, -0.1) is 0 Å². The van der Waals surface area contributed by atoms with Gasteiger partial charge in [0.15, 0.2) is 0 Å². The molecule has 1 aliphatic heterocycles. The van der Waals surface area contributed by atoms with E-state index in [0.717, 1.165) is 4.31 Å². The molecule has 11 heteroatoms. The zero-order valence-corrected chi connectivity index (χ0v) is 18.0. The first-order valence-electron chi connectivity index (χ1n) is 9.89. The largest absolute Gasteiger partial charge is 0.481 e. The highest BCUT2D eigenvalue weighted by Gasteiger charge is 2.50. The standard InChI is InChI=1S/C21H24N2O8S/c24-19(25)10-13-23(21(20(26)22-27)11-14-30-15-12-21)32(28,29)18-8-6-17(7-9-18)31-16-4-2-1-3-5-16/h1-9,27H,10-15H2,(H,22,26)(H,24,25). The van der Waals surface area contributed by atoms with E-state index in [9.17, 15) is 23.2 Å². The van der Waals surface area contributed by atoms with Gasteiger partial charge in [0.2, 0.25) is 10.0 Å². The average molecular weight is 464 g/mol. The predicted molar refractivity (Wildman–Crippen MR) is 112 cm³/mol. The van der Waals surface area contributed by atoms with Crippen LogP contribution in [-0.2, 0) is 24.3 Å². The van der Waals surface area contributed by atoms with Crippen molar-refractivity contribution >= 4 is 21.9 Å². The molecule has 0 unspecified atom stereocenters. The van der Waals surface area contributed by atoms with E-state index < -0.39 is 40.4 Å². The van der Waals surface area contributed by atoms with Gasteiger partial charge in [0.1, 0.15) is 17.0 Å². The van der Waals surface area contributed by atoms with E-state index in [1.807, 2.05) is 6.07 Å². The summed E-state index contributed by atoms with van der Waals surface area (Å²) in [7, 11) is -4.31. The normalized spacial score (nSPS) is 15.8. The van der Waals surface area contributed by atoms with Crippen molar-refractivity contribution in [2.45, 2.75) is 29.7 Å². The number of aliphatic carboxylic acids is 1. The Morgan fingerprint density at radius 3 is 2.19 bits per heavy atom. The van der Waals surface area contributed by atoms with Crippen LogP contribution in [0.3, 0.4) is 0 Å². The van der Waals surface area contributed by atoms with Gasteiger partial charge in [-0.2, -0.15) is 4.31 Å². The number of carboxylic acid groups (broad SMARTS) is 1. The lowest BCUT2D eigenvalue weighted by atomic mass is 9.89. The summed E-state index contributed by atoms with van der Waals surface area (Å²) in [6.07, 6.45) is -0.587. The van der Waals surface area contributed by atoms with Crippen LogP contribution in [0, 0.1) is 0 Å². The van der Waals surface area contributed by atoms with Crippen LogP contribution in [0.15, 0.2) is 59.5 Å². The van der Waals surface area contributed by atoms with E-state index >= 15 is 0 Å². The lowest BCUT2D eigenvalue weighted by Crippen LogP contribution is -2.62. The molecule has 32 heavy (non-hydrogen) atoms. The fourth-order valence-electron chi connectivity index (χ4n) is 3.60. The number of hydrogen-bond acceptors (Lipinski definition) is 7. The molecule has 1 fully saturated rings. The number of sulfonamides is 1. The van der Waals surface area contributed by atoms with Crippen LogP contribution in [0.4, 0.5) is 0 Å². The molecule has 0 saturated carbocycles. The van der Waals surface area contributed by atoms with Crippen molar-refractivity contribution in [3.05, 3.63) is 54.6 Å². The summed E-state index contributed by atoms with van der Waals surface area (Å²) in [6.45, 7) is -0.292. The van der Waals surface area contributed by atoms with E-state index in [4.69, 9.17) is 14.6 Å². The summed E-state index contributed by atoms with van der Waals surface area (Å²) in [6, 6.07) is 14.5. The first-order valence-corrected chi connectivity index (χ1v) is 11.3. The number of carboxylic acids is 1. The van der Waals surface area contributed by atoms with Crippen molar-refractivity contribution in [1.82, 2.24) is 9.79 Å². The molecule has 0 aliphatic carbocycles. The molecule has 3 N–H and O–H groups in total. The number of hydrogen-bond donors (Lipinski definition) is 3. The van der Waals surface area contributed by atoms with Crippen molar-refractivity contribution < 1.29 is 37.8 Å². The van der Waals surface area contributed by atoms with Gasteiger partial charge in [-0.1, -0.05) is 18.2 Å². The number of benzene rings is 2. The van der Waals surface area contributed by atoms with Crippen molar-refractivity contribution in [2.24, 2.45) is 0 Å². The van der Waals surface area contributed by atoms with E-state index in [0.29, 0.717) is 11.5 Å². The van der Waals surface area contributed by atoms with Gasteiger partial charge in [-0.05, 0) is 49.2 Å². The van der Waals surface area contributed by atoms with Gasteiger partial charge in [0.05, 0.1) is 11.3 Å². The van der Waals surface area contributed by atoms with Crippen LogP contribution in [0.5, 0.6) is 11.5 Å². The molecule has 1 saturated heterocycles. The lowest BCUT2D eigenvalue weighted by molar-refractivity contribution is -0.146. The molecule has 0 radical (unpaired) electrons. The van der Waals surface area contributed by atoms with Gasteiger partial charge in [-0.25, -0.2) is 13.9 Å². The van der Waals surface area contributed by atoms with Crippen LogP contribution in [0.2, 0.25) is 0 Å². The summed E-state index contributed by atoms with van der Waals surface area (Å²) in [5.41, 5.74) is -0.144. The maximum atomic E-state index is 13.5. The molecular weight excluding hydrogens is 440 g/mol. The minimum absolute atomic E-state index is 0.0343. The summed E-state index contributed by atoms with van der Waals surface area (Å²) in [5, 5.41) is 18.4. The molecule has 0 bridgehead atoms. The summed E-state index contributed by atoms with van der Waals surface area (Å²) < 4.78 is 38.9. The van der Waals surface area contributed by atoms with Crippen molar-refractivity contribution in [1.29, 1.82) is 0 Å². The highest BCUT2D eigenvalue weighted by Crippen LogP contribution is 2.34. The predicted octanol–water partition coefficient (Wildman–Crippen LogP) is 2.00. The molecule has 2 aromatic carbocycles. The van der Waals surface area contributed by atoms with Crippen LogP contribution in [0.1, 0.15) is 19.3 Å². The molecule has 0 atom stereocenters. The quantitative estimate of drug-likeness (QED) is 0.378. The number of para-hydroxylation sites is 1.